The van der Waals surface area contributed by atoms with Crippen molar-refractivity contribution in [1.29, 1.82) is 0 Å². The lowest BCUT2D eigenvalue weighted by atomic mass is 10.0. The molecule has 20 heavy (non-hydrogen) atoms. The molecule has 0 fully saturated rings. The third-order valence-electron chi connectivity index (χ3n) is 2.84. The summed E-state index contributed by atoms with van der Waals surface area (Å²) in [4.78, 5) is 4.15. The van der Waals surface area contributed by atoms with Crippen LogP contribution in [0.1, 0.15) is 24.4 Å². The fourth-order valence-corrected chi connectivity index (χ4v) is 2.13. The van der Waals surface area contributed by atoms with Crippen molar-refractivity contribution in [3.8, 4) is 0 Å². The van der Waals surface area contributed by atoms with Gasteiger partial charge in [-0.15, -0.1) is 12.4 Å². The zero-order valence-corrected chi connectivity index (χ0v) is 11.9. The molecule has 1 heterocycles. The highest BCUT2D eigenvalue weighted by Gasteiger charge is 2.28. The SMILES string of the molecule is Cl.N[C@@H](CCC(F)(F)F)c1cc2ccccc2nc1Cl. The minimum absolute atomic E-state index is 0. The molecule has 2 N–H and O–H groups in total. The summed E-state index contributed by atoms with van der Waals surface area (Å²) in [6.45, 7) is 0. The third kappa shape index (κ3) is 4.23. The van der Waals surface area contributed by atoms with Gasteiger partial charge in [-0.05, 0) is 18.6 Å². The number of aromatic nitrogens is 1. The number of pyridine rings is 1. The molecular weight excluding hydrogens is 312 g/mol. The van der Waals surface area contributed by atoms with E-state index in [0.29, 0.717) is 11.1 Å². The van der Waals surface area contributed by atoms with Gasteiger partial charge in [0.25, 0.3) is 0 Å². The third-order valence-corrected chi connectivity index (χ3v) is 3.15. The number of alkyl halides is 3. The van der Waals surface area contributed by atoms with Crippen molar-refractivity contribution in [2.75, 3.05) is 0 Å². The first-order chi connectivity index (χ1) is 8.87. The number of hydrogen-bond donors (Lipinski definition) is 1. The number of nitrogens with two attached hydrogens (primary N) is 1. The van der Waals surface area contributed by atoms with Crippen LogP contribution in [0.2, 0.25) is 5.15 Å². The lowest BCUT2D eigenvalue weighted by Crippen LogP contribution is -2.16. The predicted molar refractivity (Wildman–Crippen MR) is 76.2 cm³/mol. The van der Waals surface area contributed by atoms with E-state index in [0.717, 1.165) is 5.39 Å². The quantitative estimate of drug-likeness (QED) is 0.834. The average molecular weight is 325 g/mol. The van der Waals surface area contributed by atoms with Crippen LogP contribution in [-0.4, -0.2) is 11.2 Å². The van der Waals surface area contributed by atoms with Crippen LogP contribution in [0.15, 0.2) is 30.3 Å². The molecule has 110 valence electrons. The lowest BCUT2D eigenvalue weighted by Gasteiger charge is -2.15. The Bertz CT molecular complexity index is 587. The van der Waals surface area contributed by atoms with E-state index in [1.54, 1.807) is 12.1 Å². The molecule has 0 saturated heterocycles. The standard InChI is InChI=1S/C13H12ClF3N2.ClH/c14-12-9(10(18)5-6-13(15,16)17)7-8-3-1-2-4-11(8)19-12;/h1-4,7,10H,5-6,18H2;1H/t10-;/m0./s1. The van der Waals surface area contributed by atoms with Crippen LogP contribution in [0.4, 0.5) is 13.2 Å². The van der Waals surface area contributed by atoms with Gasteiger partial charge in [0.15, 0.2) is 0 Å². The number of nitrogens with zero attached hydrogens (tertiary/aromatic N) is 1. The Kier molecular flexibility index (Phi) is 5.62. The van der Waals surface area contributed by atoms with Crippen LogP contribution in [0, 0.1) is 0 Å². The monoisotopic (exact) mass is 324 g/mol. The highest BCUT2D eigenvalue weighted by Crippen LogP contribution is 2.30. The number of para-hydroxylation sites is 1. The van der Waals surface area contributed by atoms with E-state index in [2.05, 4.69) is 4.98 Å². The Morgan fingerprint density at radius 2 is 1.90 bits per heavy atom. The van der Waals surface area contributed by atoms with E-state index in [4.69, 9.17) is 17.3 Å². The van der Waals surface area contributed by atoms with Gasteiger partial charge in [-0.25, -0.2) is 4.98 Å². The molecule has 0 saturated carbocycles. The van der Waals surface area contributed by atoms with Gasteiger partial charge >= 0.3 is 6.18 Å². The Morgan fingerprint density at radius 3 is 2.55 bits per heavy atom. The molecule has 2 nitrogen and oxygen atoms in total. The Balaban J connectivity index is 0.00000200. The number of halogens is 5. The molecule has 0 radical (unpaired) electrons. The molecule has 2 aromatic rings. The first-order valence-electron chi connectivity index (χ1n) is 5.74. The van der Waals surface area contributed by atoms with Crippen molar-refractivity contribution in [3.05, 3.63) is 41.0 Å². The van der Waals surface area contributed by atoms with Crippen LogP contribution in [0.25, 0.3) is 10.9 Å². The molecule has 0 aliphatic rings. The second kappa shape index (κ2) is 6.61. The van der Waals surface area contributed by atoms with Crippen molar-refractivity contribution < 1.29 is 13.2 Å². The summed E-state index contributed by atoms with van der Waals surface area (Å²) in [5.41, 5.74) is 6.91. The van der Waals surface area contributed by atoms with Crippen LogP contribution in [-0.2, 0) is 0 Å². The Labute approximate surface area is 125 Å². The van der Waals surface area contributed by atoms with Gasteiger partial charge < -0.3 is 5.73 Å². The highest BCUT2D eigenvalue weighted by molar-refractivity contribution is 6.30. The molecule has 7 heteroatoms. The zero-order valence-electron chi connectivity index (χ0n) is 10.3. The van der Waals surface area contributed by atoms with E-state index >= 15 is 0 Å². The molecule has 2 rings (SSSR count). The second-order valence-corrected chi connectivity index (χ2v) is 4.68. The maximum absolute atomic E-state index is 12.2. The molecule has 0 amide bonds. The lowest BCUT2D eigenvalue weighted by molar-refractivity contribution is -0.136. The van der Waals surface area contributed by atoms with Crippen LogP contribution < -0.4 is 5.73 Å². The maximum atomic E-state index is 12.2. The van der Waals surface area contributed by atoms with Gasteiger partial charge in [-0.3, -0.25) is 0 Å². The molecule has 1 atom stereocenters. The summed E-state index contributed by atoms with van der Waals surface area (Å²) in [6, 6.07) is 8.17. The second-order valence-electron chi connectivity index (χ2n) is 4.32. The van der Waals surface area contributed by atoms with Crippen molar-refractivity contribution in [1.82, 2.24) is 4.98 Å². The molecule has 0 unspecified atom stereocenters. The number of fused-ring (bicyclic) bond motifs is 1. The van der Waals surface area contributed by atoms with Crippen LogP contribution in [0.5, 0.6) is 0 Å². The molecule has 0 aliphatic heterocycles. The smallest absolute Gasteiger partial charge is 0.324 e. The summed E-state index contributed by atoms with van der Waals surface area (Å²) < 4.78 is 36.5. The van der Waals surface area contributed by atoms with Gasteiger partial charge in [-0.2, -0.15) is 13.2 Å². The molecule has 0 aliphatic carbocycles. The van der Waals surface area contributed by atoms with Gasteiger partial charge in [0.1, 0.15) is 5.15 Å². The number of hydrogen-bond acceptors (Lipinski definition) is 2. The van der Waals surface area contributed by atoms with Gasteiger partial charge in [-0.1, -0.05) is 29.8 Å². The highest BCUT2D eigenvalue weighted by atomic mass is 35.5. The largest absolute Gasteiger partial charge is 0.389 e. The van der Waals surface area contributed by atoms with Crippen molar-refractivity contribution in [3.63, 3.8) is 0 Å². The summed E-state index contributed by atoms with van der Waals surface area (Å²) in [5, 5.41) is 0.970. The van der Waals surface area contributed by atoms with Crippen molar-refractivity contribution in [2.24, 2.45) is 5.73 Å². The molecular formula is C13H13Cl2F3N2. The zero-order chi connectivity index (χ0) is 14.0. The van der Waals surface area contributed by atoms with E-state index < -0.39 is 18.6 Å². The first kappa shape index (κ1) is 17.0. The molecule has 0 spiro atoms. The van der Waals surface area contributed by atoms with E-state index in [-0.39, 0.29) is 24.0 Å². The Hall–Kier alpha value is -1.04. The molecule has 1 aromatic heterocycles. The fraction of sp³-hybridized carbons (Fsp3) is 0.308. The molecule has 0 bridgehead atoms. The number of rotatable bonds is 3. The van der Waals surface area contributed by atoms with Crippen LogP contribution >= 0.6 is 24.0 Å². The first-order valence-corrected chi connectivity index (χ1v) is 6.12. The Morgan fingerprint density at radius 1 is 1.25 bits per heavy atom. The number of benzene rings is 1. The van der Waals surface area contributed by atoms with Crippen molar-refractivity contribution in [2.45, 2.75) is 25.1 Å². The van der Waals surface area contributed by atoms with Gasteiger partial charge in [0.05, 0.1) is 5.52 Å². The predicted octanol–water partition coefficient (Wildman–Crippen LogP) is 4.65. The molecule has 1 aromatic carbocycles. The minimum atomic E-state index is -4.21. The topological polar surface area (TPSA) is 38.9 Å². The van der Waals surface area contributed by atoms with E-state index in [9.17, 15) is 13.2 Å². The summed E-state index contributed by atoms with van der Waals surface area (Å²) in [6.07, 6.45) is -5.35. The van der Waals surface area contributed by atoms with Crippen LogP contribution in [0.3, 0.4) is 0 Å². The minimum Gasteiger partial charge on any atom is -0.324 e. The summed E-state index contributed by atoms with van der Waals surface area (Å²) >= 11 is 5.98. The normalized spacial score (nSPS) is 13.1. The van der Waals surface area contributed by atoms with Gasteiger partial charge in [0.2, 0.25) is 0 Å². The summed E-state index contributed by atoms with van der Waals surface area (Å²) in [5.74, 6) is 0. The van der Waals surface area contributed by atoms with E-state index in [1.807, 2.05) is 18.2 Å². The average Bonchev–Trinajstić information content (AvgIpc) is 2.34. The van der Waals surface area contributed by atoms with E-state index in [1.165, 1.54) is 0 Å². The van der Waals surface area contributed by atoms with Crippen molar-refractivity contribution >= 4 is 34.9 Å². The summed E-state index contributed by atoms with van der Waals surface area (Å²) in [7, 11) is 0. The van der Waals surface area contributed by atoms with Gasteiger partial charge in [0, 0.05) is 23.4 Å². The fourth-order valence-electron chi connectivity index (χ4n) is 1.84. The maximum Gasteiger partial charge on any atom is 0.389 e.